The van der Waals surface area contributed by atoms with E-state index >= 15 is 0 Å². The maximum absolute atomic E-state index is 12.7. The van der Waals surface area contributed by atoms with Gasteiger partial charge >= 0.3 is 5.69 Å². The van der Waals surface area contributed by atoms with Gasteiger partial charge in [-0.2, -0.15) is 0 Å². The van der Waals surface area contributed by atoms with Crippen molar-refractivity contribution in [2.24, 2.45) is 0 Å². The number of rotatable bonds is 4. The molecule has 1 amide bonds. The molecule has 0 aliphatic carbocycles. The number of benzene rings is 2. The minimum atomic E-state index is -0.365. The monoisotopic (exact) mass is 347 g/mol. The van der Waals surface area contributed by atoms with Crippen molar-refractivity contribution in [1.82, 2.24) is 19.2 Å². The van der Waals surface area contributed by atoms with Gasteiger partial charge in [-0.05, 0) is 36.2 Å². The Labute approximate surface area is 148 Å². The lowest BCUT2D eigenvalue weighted by atomic mass is 10.1. The zero-order valence-corrected chi connectivity index (χ0v) is 14.2. The fourth-order valence-corrected chi connectivity index (χ4v) is 2.93. The first kappa shape index (κ1) is 16.0. The highest BCUT2D eigenvalue weighted by Gasteiger charge is 2.13. The van der Waals surface area contributed by atoms with Crippen LogP contribution in [0.25, 0.3) is 16.7 Å². The molecule has 0 unspecified atom stereocenters. The van der Waals surface area contributed by atoms with Gasteiger partial charge in [-0.3, -0.25) is 9.78 Å². The normalized spacial score (nSPS) is 11.1. The SMILES string of the molecule is CCc1cccc(NC(=O)Cn2nc3cnc4ccccc4n3c2=O)c1. The molecule has 7 nitrogen and oxygen atoms in total. The number of amides is 1. The topological polar surface area (TPSA) is 81.3 Å². The van der Waals surface area contributed by atoms with Gasteiger partial charge in [0.1, 0.15) is 6.54 Å². The molecular weight excluding hydrogens is 330 g/mol. The summed E-state index contributed by atoms with van der Waals surface area (Å²) in [4.78, 5) is 29.3. The van der Waals surface area contributed by atoms with Crippen LogP contribution in [0.5, 0.6) is 0 Å². The highest BCUT2D eigenvalue weighted by atomic mass is 16.2. The van der Waals surface area contributed by atoms with Crippen LogP contribution in [0, 0.1) is 0 Å². The second-order valence-electron chi connectivity index (χ2n) is 5.98. The highest BCUT2D eigenvalue weighted by Crippen LogP contribution is 2.12. The molecule has 4 aromatic rings. The number of fused-ring (bicyclic) bond motifs is 3. The number of hydrogen-bond donors (Lipinski definition) is 1. The molecule has 0 fully saturated rings. The lowest BCUT2D eigenvalue weighted by Gasteiger charge is -2.06. The Kier molecular flexibility index (Phi) is 3.96. The molecule has 2 aromatic carbocycles. The molecule has 0 spiro atoms. The second kappa shape index (κ2) is 6.44. The lowest BCUT2D eigenvalue weighted by molar-refractivity contribution is -0.117. The molecule has 0 radical (unpaired) electrons. The lowest BCUT2D eigenvalue weighted by Crippen LogP contribution is -2.28. The summed E-state index contributed by atoms with van der Waals surface area (Å²) < 4.78 is 2.62. The number of carbonyl (C=O) groups is 1. The van der Waals surface area contributed by atoms with E-state index in [2.05, 4.69) is 22.3 Å². The summed E-state index contributed by atoms with van der Waals surface area (Å²) in [5, 5.41) is 7.03. The van der Waals surface area contributed by atoms with Crippen molar-refractivity contribution >= 4 is 28.3 Å². The summed E-state index contributed by atoms with van der Waals surface area (Å²) in [6.07, 6.45) is 2.42. The van der Waals surface area contributed by atoms with E-state index in [1.165, 1.54) is 10.6 Å². The molecule has 0 saturated carbocycles. The number of hydrogen-bond acceptors (Lipinski definition) is 4. The number of para-hydroxylation sites is 2. The fraction of sp³-hybridized carbons (Fsp3) is 0.158. The minimum absolute atomic E-state index is 0.162. The van der Waals surface area contributed by atoms with Gasteiger partial charge < -0.3 is 5.32 Å². The Morgan fingerprint density at radius 1 is 1.15 bits per heavy atom. The van der Waals surface area contributed by atoms with Crippen molar-refractivity contribution in [2.75, 3.05) is 5.32 Å². The van der Waals surface area contributed by atoms with Crippen LogP contribution in [-0.4, -0.2) is 25.1 Å². The van der Waals surface area contributed by atoms with Gasteiger partial charge in [-0.25, -0.2) is 13.9 Å². The van der Waals surface area contributed by atoms with Crippen molar-refractivity contribution in [1.29, 1.82) is 0 Å². The molecule has 0 atom stereocenters. The number of nitrogens with one attached hydrogen (secondary N) is 1. The Morgan fingerprint density at radius 2 is 2.00 bits per heavy atom. The maximum atomic E-state index is 12.7. The van der Waals surface area contributed by atoms with Crippen LogP contribution in [0.3, 0.4) is 0 Å². The van der Waals surface area contributed by atoms with Crippen LogP contribution in [0.4, 0.5) is 5.69 Å². The molecule has 130 valence electrons. The van der Waals surface area contributed by atoms with Gasteiger partial charge in [0.2, 0.25) is 5.91 Å². The quantitative estimate of drug-likeness (QED) is 0.614. The minimum Gasteiger partial charge on any atom is -0.324 e. The standard InChI is InChI=1S/C19H17N5O2/c1-2-13-6-5-7-14(10-13)21-18(25)12-23-19(26)24-16-9-4-3-8-15(16)20-11-17(24)22-23/h3-11H,2,12H2,1H3,(H,21,25). The van der Waals surface area contributed by atoms with Crippen molar-refractivity contribution < 1.29 is 4.79 Å². The van der Waals surface area contributed by atoms with Crippen molar-refractivity contribution in [2.45, 2.75) is 19.9 Å². The van der Waals surface area contributed by atoms with Crippen LogP contribution >= 0.6 is 0 Å². The van der Waals surface area contributed by atoms with Gasteiger partial charge in [0.15, 0.2) is 5.65 Å². The molecule has 2 heterocycles. The third-order valence-corrected chi connectivity index (χ3v) is 4.22. The number of nitrogens with zero attached hydrogens (tertiary/aromatic N) is 4. The third-order valence-electron chi connectivity index (χ3n) is 4.22. The predicted octanol–water partition coefficient (Wildman–Crippen LogP) is 2.25. The van der Waals surface area contributed by atoms with E-state index in [0.29, 0.717) is 22.4 Å². The maximum Gasteiger partial charge on any atom is 0.351 e. The Hall–Kier alpha value is -3.48. The van der Waals surface area contributed by atoms with E-state index in [9.17, 15) is 9.59 Å². The molecule has 0 aliphatic heterocycles. The molecule has 1 N–H and O–H groups in total. The van der Waals surface area contributed by atoms with Crippen LogP contribution in [-0.2, 0) is 17.8 Å². The van der Waals surface area contributed by atoms with Gasteiger partial charge in [0.05, 0.1) is 17.2 Å². The second-order valence-corrected chi connectivity index (χ2v) is 5.98. The average molecular weight is 347 g/mol. The van der Waals surface area contributed by atoms with Crippen LogP contribution < -0.4 is 11.0 Å². The Balaban J connectivity index is 1.64. The first-order valence-corrected chi connectivity index (χ1v) is 8.38. The van der Waals surface area contributed by atoms with E-state index in [1.807, 2.05) is 42.5 Å². The van der Waals surface area contributed by atoms with Gasteiger partial charge in [-0.1, -0.05) is 31.2 Å². The largest absolute Gasteiger partial charge is 0.351 e. The van der Waals surface area contributed by atoms with Gasteiger partial charge in [0, 0.05) is 5.69 Å². The number of aryl methyl sites for hydroxylation is 1. The number of carbonyl (C=O) groups excluding carboxylic acids is 1. The van der Waals surface area contributed by atoms with Crippen molar-refractivity contribution in [3.05, 3.63) is 70.8 Å². The fourth-order valence-electron chi connectivity index (χ4n) is 2.93. The summed E-state index contributed by atoms with van der Waals surface area (Å²) in [5.74, 6) is -0.305. The molecule has 4 rings (SSSR count). The van der Waals surface area contributed by atoms with E-state index in [4.69, 9.17) is 0 Å². The molecule has 2 aromatic heterocycles. The zero-order valence-electron chi connectivity index (χ0n) is 14.2. The van der Waals surface area contributed by atoms with Crippen LogP contribution in [0.15, 0.2) is 59.5 Å². The Bertz CT molecular complexity index is 1180. The Morgan fingerprint density at radius 3 is 2.85 bits per heavy atom. The van der Waals surface area contributed by atoms with E-state index in [-0.39, 0.29) is 18.1 Å². The third kappa shape index (κ3) is 2.83. The highest BCUT2D eigenvalue weighted by molar-refractivity contribution is 5.90. The summed E-state index contributed by atoms with van der Waals surface area (Å²) >= 11 is 0. The summed E-state index contributed by atoms with van der Waals surface area (Å²) in [6.45, 7) is 1.89. The summed E-state index contributed by atoms with van der Waals surface area (Å²) in [5.41, 5.74) is 3.24. The van der Waals surface area contributed by atoms with Crippen molar-refractivity contribution in [3.8, 4) is 0 Å². The molecule has 7 heteroatoms. The van der Waals surface area contributed by atoms with Crippen LogP contribution in [0.1, 0.15) is 12.5 Å². The van der Waals surface area contributed by atoms with E-state index < -0.39 is 0 Å². The molecule has 26 heavy (non-hydrogen) atoms. The summed E-state index contributed by atoms with van der Waals surface area (Å²) in [7, 11) is 0. The summed E-state index contributed by atoms with van der Waals surface area (Å²) in [6, 6.07) is 15.0. The number of anilines is 1. The van der Waals surface area contributed by atoms with Crippen molar-refractivity contribution in [3.63, 3.8) is 0 Å². The molecule has 0 saturated heterocycles. The smallest absolute Gasteiger partial charge is 0.324 e. The van der Waals surface area contributed by atoms with Gasteiger partial charge in [0.25, 0.3) is 0 Å². The zero-order chi connectivity index (χ0) is 18.1. The predicted molar refractivity (Wildman–Crippen MR) is 99.2 cm³/mol. The van der Waals surface area contributed by atoms with Gasteiger partial charge in [-0.15, -0.1) is 5.10 Å². The average Bonchev–Trinajstić information content (AvgIpc) is 2.98. The number of aromatic nitrogens is 4. The first-order chi connectivity index (χ1) is 12.7. The molecule has 0 aliphatic rings. The first-order valence-electron chi connectivity index (χ1n) is 8.38. The van der Waals surface area contributed by atoms with E-state index in [1.54, 1.807) is 6.07 Å². The van der Waals surface area contributed by atoms with E-state index in [0.717, 1.165) is 16.7 Å². The van der Waals surface area contributed by atoms with Crippen LogP contribution in [0.2, 0.25) is 0 Å². The molecule has 0 bridgehead atoms. The molecular formula is C19H17N5O2.